The minimum atomic E-state index is -3.90. The minimum Gasteiger partial charge on any atom is -0.439 e. The maximum absolute atomic E-state index is 12.8. The number of rotatable bonds is 6. The molecule has 0 aliphatic rings. The van der Waals surface area contributed by atoms with Gasteiger partial charge in [-0.05, 0) is 36.4 Å². The maximum Gasteiger partial charge on any atom is 0.264 e. The van der Waals surface area contributed by atoms with Gasteiger partial charge in [0.2, 0.25) is 11.8 Å². The van der Waals surface area contributed by atoms with E-state index in [0.29, 0.717) is 17.1 Å². The molecule has 0 aliphatic heterocycles. The van der Waals surface area contributed by atoms with Crippen molar-refractivity contribution in [2.24, 2.45) is 0 Å². The van der Waals surface area contributed by atoms with E-state index in [1.165, 1.54) is 24.3 Å². The lowest BCUT2D eigenvalue weighted by atomic mass is 10.1. The first-order valence-electron chi connectivity index (χ1n) is 9.05. The van der Waals surface area contributed by atoms with E-state index in [9.17, 15) is 8.42 Å². The van der Waals surface area contributed by atoms with Crippen molar-refractivity contribution in [3.05, 3.63) is 91.0 Å². The molecule has 0 spiro atoms. The molecule has 0 radical (unpaired) electrons. The molecule has 150 valence electrons. The monoisotopic (exact) mass is 418 g/mol. The van der Waals surface area contributed by atoms with E-state index in [4.69, 9.17) is 10.5 Å². The Hall–Kier alpha value is -3.91. The molecule has 0 fully saturated rings. The van der Waals surface area contributed by atoms with E-state index in [0.717, 1.165) is 5.56 Å². The SMILES string of the molecule is Nc1ccc(S(=O)(=O)Nc2nc(Oc3ccccc3)cc(-c3ccccc3)n2)cc1. The second-order valence-electron chi connectivity index (χ2n) is 6.37. The fourth-order valence-corrected chi connectivity index (χ4v) is 3.66. The fourth-order valence-electron chi connectivity index (χ4n) is 2.72. The van der Waals surface area contributed by atoms with Crippen LogP contribution in [0.15, 0.2) is 95.9 Å². The van der Waals surface area contributed by atoms with Crippen molar-refractivity contribution in [2.75, 3.05) is 10.5 Å². The van der Waals surface area contributed by atoms with E-state index in [2.05, 4.69) is 14.7 Å². The summed E-state index contributed by atoms with van der Waals surface area (Å²) in [7, 11) is -3.90. The van der Waals surface area contributed by atoms with Gasteiger partial charge >= 0.3 is 0 Å². The second kappa shape index (κ2) is 8.22. The van der Waals surface area contributed by atoms with Crippen LogP contribution < -0.4 is 15.2 Å². The van der Waals surface area contributed by atoms with Crippen LogP contribution in [0.1, 0.15) is 0 Å². The molecule has 0 atom stereocenters. The number of aromatic nitrogens is 2. The van der Waals surface area contributed by atoms with Crippen LogP contribution in [0.4, 0.5) is 11.6 Å². The summed E-state index contributed by atoms with van der Waals surface area (Å²) in [5.41, 5.74) is 7.43. The molecule has 7 nitrogen and oxygen atoms in total. The van der Waals surface area contributed by atoms with Crippen molar-refractivity contribution in [3.8, 4) is 22.9 Å². The third kappa shape index (κ3) is 4.56. The van der Waals surface area contributed by atoms with Crippen molar-refractivity contribution in [1.29, 1.82) is 0 Å². The number of nitrogens with two attached hydrogens (primary N) is 1. The highest BCUT2D eigenvalue weighted by Crippen LogP contribution is 2.27. The van der Waals surface area contributed by atoms with Crippen LogP contribution in [0.25, 0.3) is 11.3 Å². The third-order valence-electron chi connectivity index (χ3n) is 4.15. The molecule has 0 amide bonds. The van der Waals surface area contributed by atoms with E-state index >= 15 is 0 Å². The van der Waals surface area contributed by atoms with Gasteiger partial charge in [-0.3, -0.25) is 0 Å². The van der Waals surface area contributed by atoms with Crippen LogP contribution in [0.3, 0.4) is 0 Å². The zero-order valence-electron chi connectivity index (χ0n) is 15.8. The molecule has 0 saturated carbocycles. The van der Waals surface area contributed by atoms with Crippen LogP contribution >= 0.6 is 0 Å². The molecular weight excluding hydrogens is 400 g/mol. The Bertz CT molecular complexity index is 1250. The summed E-state index contributed by atoms with van der Waals surface area (Å²) in [4.78, 5) is 8.65. The van der Waals surface area contributed by atoms with Crippen LogP contribution in [-0.4, -0.2) is 18.4 Å². The summed E-state index contributed by atoms with van der Waals surface area (Å²) < 4.78 is 33.7. The lowest BCUT2D eigenvalue weighted by Crippen LogP contribution is -2.15. The lowest BCUT2D eigenvalue weighted by Gasteiger charge is -2.11. The Morgan fingerprint density at radius 2 is 1.43 bits per heavy atom. The summed E-state index contributed by atoms with van der Waals surface area (Å²) in [6.07, 6.45) is 0. The highest BCUT2D eigenvalue weighted by Gasteiger charge is 2.17. The average Bonchev–Trinajstić information content (AvgIpc) is 2.75. The Labute approximate surface area is 174 Å². The van der Waals surface area contributed by atoms with Crippen molar-refractivity contribution in [3.63, 3.8) is 0 Å². The summed E-state index contributed by atoms with van der Waals surface area (Å²) in [5.74, 6) is 0.687. The average molecular weight is 418 g/mol. The fraction of sp³-hybridized carbons (Fsp3) is 0. The van der Waals surface area contributed by atoms with Gasteiger partial charge in [0.25, 0.3) is 10.0 Å². The molecular formula is C22H18N4O3S. The predicted molar refractivity (Wildman–Crippen MR) is 116 cm³/mol. The summed E-state index contributed by atoms with van der Waals surface area (Å²) in [6.45, 7) is 0. The normalized spacial score (nSPS) is 11.1. The molecule has 4 aromatic rings. The number of para-hydroxylation sites is 1. The molecule has 0 saturated heterocycles. The standard InChI is InChI=1S/C22H18N4O3S/c23-17-11-13-19(14-12-17)30(27,28)26-22-24-20(16-7-3-1-4-8-16)15-21(25-22)29-18-9-5-2-6-10-18/h1-15H,23H2,(H,24,25,26). The molecule has 0 bridgehead atoms. The smallest absolute Gasteiger partial charge is 0.264 e. The number of nitrogens with zero attached hydrogens (tertiary/aromatic N) is 2. The van der Waals surface area contributed by atoms with E-state index < -0.39 is 10.0 Å². The molecule has 1 aromatic heterocycles. The van der Waals surface area contributed by atoms with Crippen LogP contribution in [-0.2, 0) is 10.0 Å². The number of hydrogen-bond donors (Lipinski definition) is 2. The highest BCUT2D eigenvalue weighted by atomic mass is 32.2. The predicted octanol–water partition coefficient (Wildman–Crippen LogP) is 4.32. The quantitative estimate of drug-likeness (QED) is 0.452. The molecule has 4 rings (SSSR count). The van der Waals surface area contributed by atoms with Gasteiger partial charge in [-0.2, -0.15) is 4.98 Å². The minimum absolute atomic E-state index is 0.0518. The molecule has 0 aliphatic carbocycles. The molecule has 3 aromatic carbocycles. The number of hydrogen-bond acceptors (Lipinski definition) is 6. The summed E-state index contributed by atoms with van der Waals surface area (Å²) in [5, 5.41) is 0. The number of sulfonamides is 1. The van der Waals surface area contributed by atoms with Gasteiger partial charge in [-0.1, -0.05) is 48.5 Å². The number of benzene rings is 3. The Morgan fingerprint density at radius 3 is 2.10 bits per heavy atom. The Morgan fingerprint density at radius 1 is 0.800 bits per heavy atom. The van der Waals surface area contributed by atoms with Crippen LogP contribution in [0.2, 0.25) is 0 Å². The van der Waals surface area contributed by atoms with E-state index in [1.54, 1.807) is 18.2 Å². The lowest BCUT2D eigenvalue weighted by molar-refractivity contribution is 0.463. The van der Waals surface area contributed by atoms with Gasteiger partial charge in [-0.25, -0.2) is 18.1 Å². The summed E-state index contributed by atoms with van der Waals surface area (Å²) >= 11 is 0. The number of anilines is 2. The maximum atomic E-state index is 12.8. The van der Waals surface area contributed by atoms with Crippen LogP contribution in [0.5, 0.6) is 11.6 Å². The summed E-state index contributed by atoms with van der Waals surface area (Å²) in [6, 6.07) is 26.0. The van der Waals surface area contributed by atoms with Crippen molar-refractivity contribution >= 4 is 21.7 Å². The Balaban J connectivity index is 1.72. The zero-order valence-corrected chi connectivity index (χ0v) is 16.6. The van der Waals surface area contributed by atoms with Gasteiger partial charge in [0.05, 0.1) is 10.6 Å². The van der Waals surface area contributed by atoms with Gasteiger partial charge in [0.1, 0.15) is 5.75 Å². The third-order valence-corrected chi connectivity index (χ3v) is 5.50. The van der Waals surface area contributed by atoms with Gasteiger partial charge < -0.3 is 10.5 Å². The van der Waals surface area contributed by atoms with Gasteiger partial charge in [0, 0.05) is 17.3 Å². The number of ether oxygens (including phenoxy) is 1. The first-order valence-corrected chi connectivity index (χ1v) is 10.5. The van der Waals surface area contributed by atoms with Gasteiger partial charge in [-0.15, -0.1) is 0 Å². The zero-order chi connectivity index (χ0) is 21.0. The van der Waals surface area contributed by atoms with Crippen molar-refractivity contribution in [2.45, 2.75) is 4.90 Å². The second-order valence-corrected chi connectivity index (χ2v) is 8.05. The largest absolute Gasteiger partial charge is 0.439 e. The van der Waals surface area contributed by atoms with E-state index in [1.807, 2.05) is 48.5 Å². The highest BCUT2D eigenvalue weighted by molar-refractivity contribution is 7.92. The van der Waals surface area contributed by atoms with E-state index in [-0.39, 0.29) is 16.7 Å². The Kier molecular flexibility index (Phi) is 5.32. The number of nitrogens with one attached hydrogen (secondary N) is 1. The van der Waals surface area contributed by atoms with Crippen molar-refractivity contribution in [1.82, 2.24) is 9.97 Å². The molecule has 1 heterocycles. The first kappa shape index (κ1) is 19.4. The number of nitrogen functional groups attached to an aromatic ring is 1. The molecule has 30 heavy (non-hydrogen) atoms. The topological polar surface area (TPSA) is 107 Å². The first-order chi connectivity index (χ1) is 14.5. The van der Waals surface area contributed by atoms with Crippen LogP contribution in [0, 0.1) is 0 Å². The molecule has 8 heteroatoms. The van der Waals surface area contributed by atoms with Gasteiger partial charge in [0.15, 0.2) is 0 Å². The molecule has 0 unspecified atom stereocenters. The molecule has 3 N–H and O–H groups in total. The van der Waals surface area contributed by atoms with Crippen molar-refractivity contribution < 1.29 is 13.2 Å².